The van der Waals surface area contributed by atoms with Crippen LogP contribution in [0.15, 0.2) is 12.1 Å². The van der Waals surface area contributed by atoms with Gasteiger partial charge < -0.3 is 14.5 Å². The molecule has 1 N–H and O–H groups in total. The summed E-state index contributed by atoms with van der Waals surface area (Å²) in [6, 6.07) is 3.41. The third-order valence-electron chi connectivity index (χ3n) is 3.35. The average molecular weight is 323 g/mol. The Morgan fingerprint density at radius 2 is 1.59 bits per heavy atom. The van der Waals surface area contributed by atoms with E-state index in [1.54, 1.807) is 18.2 Å². The van der Waals surface area contributed by atoms with Crippen molar-refractivity contribution < 1.29 is 19.1 Å². The quantitative estimate of drug-likeness (QED) is 0.681. The van der Waals surface area contributed by atoms with Crippen molar-refractivity contribution in [3.8, 4) is 18.3 Å². The Labute approximate surface area is 133 Å². The minimum absolute atomic E-state index is 0.211. The maximum atomic E-state index is 11.8. The van der Waals surface area contributed by atoms with E-state index in [4.69, 9.17) is 6.42 Å². The van der Waals surface area contributed by atoms with E-state index in [0.717, 1.165) is 0 Å². The number of terminal acetylenes is 1. The van der Waals surface area contributed by atoms with Gasteiger partial charge in [-0.3, -0.25) is 4.57 Å². The van der Waals surface area contributed by atoms with E-state index in [1.807, 2.05) is 41.5 Å². The molecule has 0 saturated carbocycles. The molecule has 0 aromatic heterocycles. The molecule has 1 aromatic rings. The van der Waals surface area contributed by atoms with Crippen LogP contribution in [0.1, 0.15) is 58.2 Å². The Hall–Kier alpha value is -1.43. The predicted octanol–water partition coefficient (Wildman–Crippen LogP) is 3.65. The lowest BCUT2D eigenvalue weighted by molar-refractivity contribution is -0.193. The van der Waals surface area contributed by atoms with Gasteiger partial charge in [-0.1, -0.05) is 60.1 Å². The Balaban J connectivity index is 3.49. The van der Waals surface area contributed by atoms with Crippen LogP contribution in [0.3, 0.4) is 0 Å². The summed E-state index contributed by atoms with van der Waals surface area (Å²) >= 11 is 0. The van der Waals surface area contributed by atoms with E-state index in [9.17, 15) is 14.6 Å². The van der Waals surface area contributed by atoms with Crippen molar-refractivity contribution in [1.82, 2.24) is 0 Å². The molecule has 1 unspecified atom stereocenters. The van der Waals surface area contributed by atoms with Crippen molar-refractivity contribution in [2.24, 2.45) is 0 Å². The van der Waals surface area contributed by atoms with Crippen LogP contribution < -0.4 is 4.89 Å². The van der Waals surface area contributed by atoms with Gasteiger partial charge in [0.05, 0.1) is 0 Å². The largest absolute Gasteiger partial charge is 0.768 e. The zero-order chi connectivity index (χ0) is 17.3. The SMILES string of the molecule is C#COP(=O)([O-])Cc1cc(C(C)(C)C)c(O)c(C(C)(C)C)c1. The molecule has 0 bridgehead atoms. The maximum absolute atomic E-state index is 11.8. The predicted molar refractivity (Wildman–Crippen MR) is 86.7 cm³/mol. The molecule has 1 rings (SSSR count). The minimum Gasteiger partial charge on any atom is -0.768 e. The normalized spacial score (nSPS) is 15.0. The van der Waals surface area contributed by atoms with Crippen LogP contribution in [-0.4, -0.2) is 5.11 Å². The van der Waals surface area contributed by atoms with Gasteiger partial charge in [0.15, 0.2) is 0 Å². The summed E-state index contributed by atoms with van der Waals surface area (Å²) in [5, 5.41) is 10.6. The van der Waals surface area contributed by atoms with Crippen LogP contribution in [0.2, 0.25) is 0 Å². The second-order valence-electron chi connectivity index (χ2n) is 7.52. The summed E-state index contributed by atoms with van der Waals surface area (Å²) in [4.78, 5) is 11.8. The highest BCUT2D eigenvalue weighted by Gasteiger charge is 2.27. The topological polar surface area (TPSA) is 69.6 Å². The fourth-order valence-electron chi connectivity index (χ4n) is 2.27. The molecule has 0 aliphatic heterocycles. The van der Waals surface area contributed by atoms with E-state index < -0.39 is 7.60 Å². The smallest absolute Gasteiger partial charge is 0.200 e. The van der Waals surface area contributed by atoms with E-state index in [-0.39, 0.29) is 22.7 Å². The number of hydrogen-bond donors (Lipinski definition) is 1. The van der Waals surface area contributed by atoms with Crippen molar-refractivity contribution in [3.05, 3.63) is 28.8 Å². The molecule has 122 valence electrons. The third kappa shape index (κ3) is 4.53. The number of hydrogen-bond acceptors (Lipinski definition) is 4. The lowest BCUT2D eigenvalue weighted by Crippen LogP contribution is -2.18. The first-order valence-electron chi connectivity index (χ1n) is 7.09. The molecule has 0 fully saturated rings. The van der Waals surface area contributed by atoms with Gasteiger partial charge in [-0.25, -0.2) is 0 Å². The average Bonchev–Trinajstić information content (AvgIpc) is 2.27. The molecule has 0 aliphatic rings. The minimum atomic E-state index is -4.14. The molecule has 0 amide bonds. The van der Waals surface area contributed by atoms with Crippen LogP contribution in [0.4, 0.5) is 0 Å². The van der Waals surface area contributed by atoms with E-state index in [1.165, 1.54) is 0 Å². The number of aromatic hydroxyl groups is 1. The van der Waals surface area contributed by atoms with Crippen LogP contribution in [0, 0.1) is 12.5 Å². The summed E-state index contributed by atoms with van der Waals surface area (Å²) < 4.78 is 16.2. The summed E-state index contributed by atoms with van der Waals surface area (Å²) in [6.45, 7) is 11.8. The molecule has 1 atom stereocenters. The first kappa shape index (κ1) is 18.6. The summed E-state index contributed by atoms with van der Waals surface area (Å²) in [6.07, 6.45) is 6.31. The molecule has 0 spiro atoms. The highest BCUT2D eigenvalue weighted by molar-refractivity contribution is 7.50. The molecule has 0 radical (unpaired) electrons. The van der Waals surface area contributed by atoms with Crippen LogP contribution in [0.5, 0.6) is 5.75 Å². The molecule has 0 saturated heterocycles. The van der Waals surface area contributed by atoms with Crippen molar-refractivity contribution in [1.29, 1.82) is 0 Å². The fraction of sp³-hybridized carbons (Fsp3) is 0.529. The van der Waals surface area contributed by atoms with Gasteiger partial charge in [-0.05, 0) is 27.5 Å². The van der Waals surface area contributed by atoms with Gasteiger partial charge in [-0.2, -0.15) is 0 Å². The van der Waals surface area contributed by atoms with Gasteiger partial charge in [0.1, 0.15) is 11.9 Å². The maximum Gasteiger partial charge on any atom is 0.200 e. The van der Waals surface area contributed by atoms with Gasteiger partial charge in [0, 0.05) is 6.16 Å². The van der Waals surface area contributed by atoms with Crippen LogP contribution in [-0.2, 0) is 26.1 Å². The lowest BCUT2D eigenvalue weighted by atomic mass is 9.78. The lowest BCUT2D eigenvalue weighted by Gasteiger charge is -2.29. The van der Waals surface area contributed by atoms with Crippen LogP contribution in [0.25, 0.3) is 0 Å². The summed E-state index contributed by atoms with van der Waals surface area (Å²) in [7, 11) is -4.14. The number of phenolic OH excluding ortho intramolecular Hbond substituents is 1. The zero-order valence-electron chi connectivity index (χ0n) is 14.1. The molecular formula is C17H24O4P-. The van der Waals surface area contributed by atoms with Gasteiger partial charge >= 0.3 is 0 Å². The molecule has 22 heavy (non-hydrogen) atoms. The first-order chi connectivity index (χ1) is 9.78. The van der Waals surface area contributed by atoms with Crippen molar-refractivity contribution in [3.63, 3.8) is 0 Å². The fourth-order valence-corrected chi connectivity index (χ4v) is 3.12. The monoisotopic (exact) mass is 323 g/mol. The Morgan fingerprint density at radius 1 is 1.18 bits per heavy atom. The number of benzene rings is 1. The summed E-state index contributed by atoms with van der Waals surface area (Å²) in [5.41, 5.74) is 1.33. The highest BCUT2D eigenvalue weighted by Crippen LogP contribution is 2.45. The second kappa shape index (κ2) is 5.99. The van der Waals surface area contributed by atoms with E-state index in [0.29, 0.717) is 16.7 Å². The standard InChI is InChI=1S/C17H25O4P/c1-8-21-22(19,20)11-12-9-13(16(2,3)4)15(18)14(10-12)17(5,6)7/h1,9-10,18H,11H2,2-7H3,(H,19,20)/p-1. The number of rotatable bonds is 3. The summed E-state index contributed by atoms with van der Waals surface area (Å²) in [5.74, 6) is 0.211. The van der Waals surface area contributed by atoms with Crippen molar-refractivity contribution in [2.75, 3.05) is 0 Å². The van der Waals surface area contributed by atoms with Gasteiger partial charge in [-0.15, -0.1) is 0 Å². The molecule has 0 aliphatic carbocycles. The Bertz CT molecular complexity index is 607. The first-order valence-corrected chi connectivity index (χ1v) is 8.82. The van der Waals surface area contributed by atoms with Crippen molar-refractivity contribution >= 4 is 7.60 Å². The molecular weight excluding hydrogens is 299 g/mol. The van der Waals surface area contributed by atoms with Crippen molar-refractivity contribution in [2.45, 2.75) is 58.5 Å². The van der Waals surface area contributed by atoms with Crippen LogP contribution >= 0.6 is 7.60 Å². The molecule has 5 heteroatoms. The molecule has 4 nitrogen and oxygen atoms in total. The second-order valence-corrected chi connectivity index (χ2v) is 9.24. The van der Waals surface area contributed by atoms with Gasteiger partial charge in [0.25, 0.3) is 0 Å². The zero-order valence-corrected chi connectivity index (χ0v) is 15.0. The van der Waals surface area contributed by atoms with E-state index >= 15 is 0 Å². The highest BCUT2D eigenvalue weighted by atomic mass is 31.2. The van der Waals surface area contributed by atoms with E-state index in [2.05, 4.69) is 4.52 Å². The van der Waals surface area contributed by atoms with Gasteiger partial charge in [0.2, 0.25) is 7.60 Å². The number of phenols is 1. The Morgan fingerprint density at radius 3 is 1.91 bits per heavy atom. The third-order valence-corrected chi connectivity index (χ3v) is 4.49. The Kier molecular flexibility index (Phi) is 5.07. The molecule has 0 heterocycles. The molecule has 1 aromatic carbocycles.